The summed E-state index contributed by atoms with van der Waals surface area (Å²) in [6.07, 6.45) is 4.55. The van der Waals surface area contributed by atoms with Crippen LogP contribution in [0.1, 0.15) is 46.0 Å². The number of nitrogens with zero attached hydrogens (tertiary/aromatic N) is 2. The smallest absolute Gasteiger partial charge is 0.326 e. The first-order valence-corrected chi connectivity index (χ1v) is 6.84. The number of hydrogen-bond donors (Lipinski definition) is 1. The van der Waals surface area contributed by atoms with E-state index in [0.29, 0.717) is 13.0 Å². The molecule has 2 amide bonds. The van der Waals surface area contributed by atoms with Gasteiger partial charge in [-0.25, -0.2) is 9.59 Å². The van der Waals surface area contributed by atoms with Gasteiger partial charge < -0.3 is 14.9 Å². The predicted octanol–water partition coefficient (Wildman–Crippen LogP) is 1.92. The van der Waals surface area contributed by atoms with E-state index in [4.69, 9.17) is 5.11 Å². The van der Waals surface area contributed by atoms with Gasteiger partial charge in [0.1, 0.15) is 6.04 Å². The summed E-state index contributed by atoms with van der Waals surface area (Å²) in [6.45, 7) is 4.69. The van der Waals surface area contributed by atoms with Crippen molar-refractivity contribution in [1.82, 2.24) is 9.80 Å². The Balaban J connectivity index is 2.12. The summed E-state index contributed by atoms with van der Waals surface area (Å²) in [7, 11) is 0. The molecule has 0 aliphatic carbocycles. The summed E-state index contributed by atoms with van der Waals surface area (Å²) in [6, 6.07) is -0.272. The molecule has 2 fully saturated rings. The Hall–Kier alpha value is -1.26. The van der Waals surface area contributed by atoms with Gasteiger partial charge in [0.2, 0.25) is 0 Å². The van der Waals surface area contributed by atoms with E-state index in [1.807, 2.05) is 4.90 Å². The minimum absolute atomic E-state index is 0.0837. The van der Waals surface area contributed by atoms with E-state index in [2.05, 4.69) is 13.8 Å². The molecule has 5 heteroatoms. The van der Waals surface area contributed by atoms with Gasteiger partial charge in [-0.15, -0.1) is 0 Å². The number of carbonyl (C=O) groups excluding carboxylic acids is 1. The van der Waals surface area contributed by atoms with Crippen molar-refractivity contribution in [2.45, 2.75) is 64.1 Å². The van der Waals surface area contributed by atoms with Crippen LogP contribution in [0.25, 0.3) is 0 Å². The minimum atomic E-state index is -0.877. The number of rotatable bonds is 1. The first-order chi connectivity index (χ1) is 8.52. The van der Waals surface area contributed by atoms with Crippen LogP contribution in [0.15, 0.2) is 0 Å². The lowest BCUT2D eigenvalue weighted by molar-refractivity contribution is -0.141. The Morgan fingerprint density at radius 2 is 1.67 bits per heavy atom. The van der Waals surface area contributed by atoms with E-state index in [9.17, 15) is 9.59 Å². The number of carbonyl (C=O) groups is 2. The highest BCUT2D eigenvalue weighted by Gasteiger charge is 2.39. The van der Waals surface area contributed by atoms with Crippen LogP contribution in [0.4, 0.5) is 4.79 Å². The zero-order valence-electron chi connectivity index (χ0n) is 11.1. The van der Waals surface area contributed by atoms with Crippen LogP contribution < -0.4 is 0 Å². The van der Waals surface area contributed by atoms with Crippen molar-refractivity contribution in [2.24, 2.45) is 0 Å². The summed E-state index contributed by atoms with van der Waals surface area (Å²) in [5.74, 6) is -0.877. The van der Waals surface area contributed by atoms with E-state index in [1.165, 1.54) is 0 Å². The van der Waals surface area contributed by atoms with Gasteiger partial charge in [0, 0.05) is 18.6 Å². The molecule has 1 N–H and O–H groups in total. The molecule has 2 aliphatic rings. The molecular formula is C13H22N2O3. The third kappa shape index (κ3) is 2.31. The molecule has 0 aromatic carbocycles. The topological polar surface area (TPSA) is 60.9 Å². The minimum Gasteiger partial charge on any atom is -0.480 e. The van der Waals surface area contributed by atoms with Crippen molar-refractivity contribution in [3.05, 3.63) is 0 Å². The summed E-state index contributed by atoms with van der Waals surface area (Å²) < 4.78 is 0. The highest BCUT2D eigenvalue weighted by atomic mass is 16.4. The Morgan fingerprint density at radius 1 is 1.06 bits per heavy atom. The second-order valence-electron chi connectivity index (χ2n) is 5.51. The van der Waals surface area contributed by atoms with E-state index in [0.717, 1.165) is 25.7 Å². The first kappa shape index (κ1) is 13.2. The van der Waals surface area contributed by atoms with E-state index < -0.39 is 12.0 Å². The molecular weight excluding hydrogens is 232 g/mol. The largest absolute Gasteiger partial charge is 0.480 e. The lowest BCUT2D eigenvalue weighted by Gasteiger charge is -2.41. The van der Waals surface area contributed by atoms with Gasteiger partial charge in [-0.2, -0.15) is 0 Å². The molecule has 2 heterocycles. The van der Waals surface area contributed by atoms with Crippen molar-refractivity contribution in [1.29, 1.82) is 0 Å². The van der Waals surface area contributed by atoms with Crippen molar-refractivity contribution in [2.75, 3.05) is 6.54 Å². The van der Waals surface area contributed by atoms with E-state index in [1.54, 1.807) is 4.90 Å². The van der Waals surface area contributed by atoms with Gasteiger partial charge in [0.05, 0.1) is 0 Å². The molecule has 2 aliphatic heterocycles. The normalized spacial score (nSPS) is 32.7. The number of hydrogen-bond acceptors (Lipinski definition) is 2. The van der Waals surface area contributed by atoms with E-state index >= 15 is 0 Å². The zero-order valence-corrected chi connectivity index (χ0v) is 11.1. The van der Waals surface area contributed by atoms with Gasteiger partial charge in [0.25, 0.3) is 0 Å². The summed E-state index contributed by atoms with van der Waals surface area (Å²) in [5, 5.41) is 9.15. The molecule has 0 aromatic rings. The molecule has 0 radical (unpaired) electrons. The highest BCUT2D eigenvalue weighted by molar-refractivity contribution is 5.83. The summed E-state index contributed by atoms with van der Waals surface area (Å²) >= 11 is 0. The quantitative estimate of drug-likeness (QED) is 0.777. The summed E-state index contributed by atoms with van der Waals surface area (Å²) in [5.41, 5.74) is 0. The molecule has 18 heavy (non-hydrogen) atoms. The van der Waals surface area contributed by atoms with Crippen molar-refractivity contribution in [3.63, 3.8) is 0 Å². The Kier molecular flexibility index (Phi) is 3.78. The Morgan fingerprint density at radius 3 is 2.22 bits per heavy atom. The maximum atomic E-state index is 12.5. The second-order valence-corrected chi connectivity index (χ2v) is 5.51. The molecule has 102 valence electrons. The standard InChI is InChI=1S/C13H22N2O3/c1-9-5-3-6-10(2)15(9)13(18)14-8-4-7-11(14)12(16)17/h9-11H,3-8H2,1-2H3,(H,16,17)/t9?,10?,11-/m0/s1. The van der Waals surface area contributed by atoms with Crippen LogP contribution in [0.3, 0.4) is 0 Å². The Labute approximate surface area is 108 Å². The van der Waals surface area contributed by atoms with Gasteiger partial charge in [-0.1, -0.05) is 0 Å². The van der Waals surface area contributed by atoms with Crippen LogP contribution in [0.2, 0.25) is 0 Å². The monoisotopic (exact) mass is 254 g/mol. The SMILES string of the molecule is CC1CCCC(C)N1C(=O)N1CCC[C@H]1C(=O)O. The number of amides is 2. The fraction of sp³-hybridized carbons (Fsp3) is 0.846. The molecule has 0 bridgehead atoms. The van der Waals surface area contributed by atoms with Crippen molar-refractivity contribution >= 4 is 12.0 Å². The van der Waals surface area contributed by atoms with Crippen LogP contribution in [-0.4, -0.2) is 51.6 Å². The second kappa shape index (κ2) is 5.16. The average molecular weight is 254 g/mol. The number of piperidine rings is 1. The van der Waals surface area contributed by atoms with Crippen LogP contribution >= 0.6 is 0 Å². The number of aliphatic carboxylic acids is 1. The predicted molar refractivity (Wildman–Crippen MR) is 67.4 cm³/mol. The van der Waals surface area contributed by atoms with Crippen molar-refractivity contribution < 1.29 is 14.7 Å². The van der Waals surface area contributed by atoms with E-state index in [-0.39, 0.29) is 18.1 Å². The number of carboxylic acids is 1. The molecule has 2 saturated heterocycles. The van der Waals surface area contributed by atoms with Gasteiger partial charge >= 0.3 is 12.0 Å². The lowest BCUT2D eigenvalue weighted by atomic mass is 9.98. The molecule has 0 spiro atoms. The van der Waals surface area contributed by atoms with Crippen LogP contribution in [0, 0.1) is 0 Å². The van der Waals surface area contributed by atoms with Crippen molar-refractivity contribution in [3.8, 4) is 0 Å². The highest BCUT2D eigenvalue weighted by Crippen LogP contribution is 2.27. The molecule has 5 nitrogen and oxygen atoms in total. The van der Waals surface area contributed by atoms with Crippen LogP contribution in [-0.2, 0) is 4.79 Å². The lowest BCUT2D eigenvalue weighted by Crippen LogP contribution is -2.55. The number of carboxylic acid groups (broad SMARTS) is 1. The fourth-order valence-electron chi connectivity index (χ4n) is 3.20. The molecule has 0 saturated carbocycles. The maximum Gasteiger partial charge on any atom is 0.326 e. The molecule has 3 atom stereocenters. The molecule has 2 unspecified atom stereocenters. The maximum absolute atomic E-state index is 12.5. The average Bonchev–Trinajstić information content (AvgIpc) is 2.77. The third-order valence-corrected chi connectivity index (χ3v) is 4.20. The molecule has 2 rings (SSSR count). The van der Waals surface area contributed by atoms with Gasteiger partial charge in [-0.3, -0.25) is 0 Å². The van der Waals surface area contributed by atoms with Gasteiger partial charge in [0.15, 0.2) is 0 Å². The zero-order chi connectivity index (χ0) is 13.3. The Bertz CT molecular complexity index is 335. The van der Waals surface area contributed by atoms with Gasteiger partial charge in [-0.05, 0) is 46.0 Å². The fourth-order valence-corrected chi connectivity index (χ4v) is 3.20. The summed E-state index contributed by atoms with van der Waals surface area (Å²) in [4.78, 5) is 27.1. The molecule has 0 aromatic heterocycles. The number of urea groups is 1. The van der Waals surface area contributed by atoms with Crippen LogP contribution in [0.5, 0.6) is 0 Å². The first-order valence-electron chi connectivity index (χ1n) is 6.84. The third-order valence-electron chi connectivity index (χ3n) is 4.20. The number of likely N-dealkylation sites (tertiary alicyclic amines) is 2.